The monoisotopic (exact) mass is 250 g/mol. The number of likely N-dealkylation sites (N-methyl/N-ethyl adjacent to an activating group) is 1. The molecule has 0 amide bonds. The molecule has 0 aliphatic carbocycles. The molecule has 4 rings (SSSR count). The van der Waals surface area contributed by atoms with Gasteiger partial charge < -0.3 is 0 Å². The third-order valence-electron chi connectivity index (χ3n) is 4.65. The fraction of sp³-hybridized carbons (Fsp3) is 0.294. The van der Waals surface area contributed by atoms with Crippen molar-refractivity contribution in [2.45, 2.75) is 12.2 Å². The molecule has 0 bridgehead atoms. The molecule has 2 aromatic carbocycles. The van der Waals surface area contributed by atoms with E-state index in [1.54, 1.807) is 0 Å². The summed E-state index contributed by atoms with van der Waals surface area (Å²) in [6.07, 6.45) is 0. The standard InChI is InChI=1S/C17H18N2/c1-18-11-12-19-13-14-7-5-6-10-16(14)17(18,19)15-8-3-2-4-9-15/h2-10H,11-13H2,1H3. The Balaban J connectivity index is 2.00. The first-order valence-corrected chi connectivity index (χ1v) is 6.93. The lowest BCUT2D eigenvalue weighted by Crippen LogP contribution is -2.46. The highest BCUT2D eigenvalue weighted by molar-refractivity contribution is 5.47. The van der Waals surface area contributed by atoms with Crippen LogP contribution in [0.3, 0.4) is 0 Å². The Morgan fingerprint density at radius 1 is 0.895 bits per heavy atom. The molecule has 2 aliphatic rings. The van der Waals surface area contributed by atoms with Crippen LogP contribution >= 0.6 is 0 Å². The van der Waals surface area contributed by atoms with Crippen LogP contribution in [-0.4, -0.2) is 29.9 Å². The molecule has 2 nitrogen and oxygen atoms in total. The van der Waals surface area contributed by atoms with E-state index < -0.39 is 0 Å². The zero-order chi connectivity index (χ0) is 12.9. The number of nitrogens with zero attached hydrogens (tertiary/aromatic N) is 2. The van der Waals surface area contributed by atoms with Crippen molar-refractivity contribution in [1.29, 1.82) is 0 Å². The first-order valence-electron chi connectivity index (χ1n) is 6.93. The second-order valence-electron chi connectivity index (χ2n) is 5.54. The molecular weight excluding hydrogens is 232 g/mol. The molecule has 2 heterocycles. The van der Waals surface area contributed by atoms with E-state index in [4.69, 9.17) is 0 Å². The van der Waals surface area contributed by atoms with Crippen molar-refractivity contribution in [2.24, 2.45) is 0 Å². The highest BCUT2D eigenvalue weighted by Crippen LogP contribution is 2.48. The molecule has 0 radical (unpaired) electrons. The molecule has 1 unspecified atom stereocenters. The largest absolute Gasteiger partial charge is 0.279 e. The number of hydrogen-bond donors (Lipinski definition) is 0. The van der Waals surface area contributed by atoms with Gasteiger partial charge in [-0.2, -0.15) is 0 Å². The van der Waals surface area contributed by atoms with Crippen LogP contribution in [0.15, 0.2) is 54.6 Å². The topological polar surface area (TPSA) is 6.48 Å². The average molecular weight is 250 g/mol. The average Bonchev–Trinajstić information content (AvgIpc) is 2.96. The van der Waals surface area contributed by atoms with Crippen molar-refractivity contribution >= 4 is 0 Å². The lowest BCUT2D eigenvalue weighted by molar-refractivity contribution is 0.0842. The van der Waals surface area contributed by atoms with Crippen LogP contribution in [-0.2, 0) is 12.2 Å². The van der Waals surface area contributed by atoms with Crippen molar-refractivity contribution in [3.05, 3.63) is 71.3 Å². The molecule has 2 aliphatic heterocycles. The minimum Gasteiger partial charge on any atom is -0.279 e. The Morgan fingerprint density at radius 2 is 1.63 bits per heavy atom. The maximum atomic E-state index is 2.60. The van der Waals surface area contributed by atoms with Gasteiger partial charge in [-0.15, -0.1) is 0 Å². The molecule has 19 heavy (non-hydrogen) atoms. The molecular formula is C17H18N2. The summed E-state index contributed by atoms with van der Waals surface area (Å²) in [5.74, 6) is 0. The molecule has 1 fully saturated rings. The summed E-state index contributed by atoms with van der Waals surface area (Å²) >= 11 is 0. The van der Waals surface area contributed by atoms with Gasteiger partial charge in [0.05, 0.1) is 0 Å². The van der Waals surface area contributed by atoms with Crippen molar-refractivity contribution in [3.63, 3.8) is 0 Å². The predicted molar refractivity (Wildman–Crippen MR) is 76.7 cm³/mol. The fourth-order valence-electron chi connectivity index (χ4n) is 3.84. The summed E-state index contributed by atoms with van der Waals surface area (Å²) < 4.78 is 0. The summed E-state index contributed by atoms with van der Waals surface area (Å²) in [5, 5.41) is 0. The summed E-state index contributed by atoms with van der Waals surface area (Å²) in [6.45, 7) is 3.33. The van der Waals surface area contributed by atoms with Crippen LogP contribution in [0.4, 0.5) is 0 Å². The summed E-state index contributed by atoms with van der Waals surface area (Å²) in [5.41, 5.74) is 4.27. The van der Waals surface area contributed by atoms with Crippen molar-refractivity contribution in [3.8, 4) is 0 Å². The van der Waals surface area contributed by atoms with Gasteiger partial charge in [-0.3, -0.25) is 9.80 Å². The van der Waals surface area contributed by atoms with Gasteiger partial charge in [0.15, 0.2) is 0 Å². The van der Waals surface area contributed by atoms with Gasteiger partial charge in [0.25, 0.3) is 0 Å². The van der Waals surface area contributed by atoms with Crippen LogP contribution in [0.5, 0.6) is 0 Å². The zero-order valence-corrected chi connectivity index (χ0v) is 11.2. The molecule has 0 spiro atoms. The number of benzene rings is 2. The van der Waals surface area contributed by atoms with E-state index in [1.807, 2.05) is 0 Å². The molecule has 1 saturated heterocycles. The van der Waals surface area contributed by atoms with E-state index in [0.29, 0.717) is 0 Å². The quantitative estimate of drug-likeness (QED) is 0.767. The van der Waals surface area contributed by atoms with Crippen molar-refractivity contribution in [2.75, 3.05) is 20.1 Å². The van der Waals surface area contributed by atoms with E-state index in [9.17, 15) is 0 Å². The second kappa shape index (κ2) is 3.92. The Bertz CT molecular complexity index is 608. The van der Waals surface area contributed by atoms with Gasteiger partial charge in [0.1, 0.15) is 5.66 Å². The molecule has 96 valence electrons. The van der Waals surface area contributed by atoms with Gasteiger partial charge in [0.2, 0.25) is 0 Å². The summed E-state index contributed by atoms with van der Waals surface area (Å²) in [4.78, 5) is 5.10. The van der Waals surface area contributed by atoms with Crippen LogP contribution in [0.1, 0.15) is 16.7 Å². The third-order valence-corrected chi connectivity index (χ3v) is 4.65. The van der Waals surface area contributed by atoms with Crippen molar-refractivity contribution < 1.29 is 0 Å². The first-order chi connectivity index (χ1) is 9.33. The minimum absolute atomic E-state index is 0.0438. The highest BCUT2D eigenvalue weighted by Gasteiger charge is 2.52. The highest BCUT2D eigenvalue weighted by atomic mass is 15.5. The molecule has 0 saturated carbocycles. The Kier molecular flexibility index (Phi) is 2.32. The van der Waals surface area contributed by atoms with Crippen LogP contribution in [0.25, 0.3) is 0 Å². The lowest BCUT2D eigenvalue weighted by atomic mass is 9.90. The van der Waals surface area contributed by atoms with E-state index in [0.717, 1.165) is 19.6 Å². The number of hydrogen-bond acceptors (Lipinski definition) is 2. The maximum absolute atomic E-state index is 2.60. The van der Waals surface area contributed by atoms with Gasteiger partial charge in [0, 0.05) is 19.6 Å². The predicted octanol–water partition coefficient (Wildman–Crippen LogP) is 2.65. The number of rotatable bonds is 1. The molecule has 1 atom stereocenters. The molecule has 2 heteroatoms. The van der Waals surface area contributed by atoms with E-state index >= 15 is 0 Å². The van der Waals surface area contributed by atoms with Crippen LogP contribution < -0.4 is 0 Å². The van der Waals surface area contributed by atoms with Crippen LogP contribution in [0.2, 0.25) is 0 Å². The van der Waals surface area contributed by atoms with E-state index in [-0.39, 0.29) is 5.66 Å². The Morgan fingerprint density at radius 3 is 2.47 bits per heavy atom. The van der Waals surface area contributed by atoms with Crippen molar-refractivity contribution in [1.82, 2.24) is 9.80 Å². The summed E-state index contributed by atoms with van der Waals surface area (Å²) in [7, 11) is 2.25. The van der Waals surface area contributed by atoms with Gasteiger partial charge >= 0.3 is 0 Å². The Hall–Kier alpha value is -1.64. The fourth-order valence-corrected chi connectivity index (χ4v) is 3.84. The molecule has 2 aromatic rings. The number of fused-ring (bicyclic) bond motifs is 3. The lowest BCUT2D eigenvalue weighted by Gasteiger charge is -2.39. The normalized spacial score (nSPS) is 26.4. The maximum Gasteiger partial charge on any atom is 0.127 e. The van der Waals surface area contributed by atoms with E-state index in [1.165, 1.54) is 16.7 Å². The Labute approximate surface area is 114 Å². The third kappa shape index (κ3) is 1.33. The van der Waals surface area contributed by atoms with E-state index in [2.05, 4.69) is 71.4 Å². The molecule has 0 N–H and O–H groups in total. The van der Waals surface area contributed by atoms with Gasteiger partial charge in [-0.05, 0) is 23.7 Å². The molecule has 0 aromatic heterocycles. The van der Waals surface area contributed by atoms with Crippen LogP contribution in [0, 0.1) is 0 Å². The smallest absolute Gasteiger partial charge is 0.127 e. The SMILES string of the molecule is CN1CCN2Cc3ccccc3C12c1ccccc1. The zero-order valence-electron chi connectivity index (χ0n) is 11.2. The summed E-state index contributed by atoms with van der Waals surface area (Å²) in [6, 6.07) is 19.8. The van der Waals surface area contributed by atoms with Gasteiger partial charge in [-0.1, -0.05) is 54.6 Å². The first kappa shape index (κ1) is 11.2. The van der Waals surface area contributed by atoms with Gasteiger partial charge in [-0.25, -0.2) is 0 Å². The second-order valence-corrected chi connectivity index (χ2v) is 5.54. The minimum atomic E-state index is -0.0438.